The third-order valence-electron chi connectivity index (χ3n) is 4.06. The van der Waals surface area contributed by atoms with Gasteiger partial charge in [-0.05, 0) is 62.7 Å². The first-order valence-electron chi connectivity index (χ1n) is 7.64. The van der Waals surface area contributed by atoms with Crippen molar-refractivity contribution in [1.29, 1.82) is 0 Å². The molecule has 1 aliphatic carbocycles. The summed E-state index contributed by atoms with van der Waals surface area (Å²) in [7, 11) is 0. The maximum Gasteiger partial charge on any atom is 0.225 e. The van der Waals surface area contributed by atoms with Crippen LogP contribution in [-0.4, -0.2) is 6.29 Å². The van der Waals surface area contributed by atoms with Gasteiger partial charge in [0, 0.05) is 0 Å². The van der Waals surface area contributed by atoms with Gasteiger partial charge in [-0.2, -0.15) is 0 Å². The highest BCUT2D eigenvalue weighted by atomic mass is 16.1. The highest BCUT2D eigenvalue weighted by molar-refractivity contribution is 5.67. The Morgan fingerprint density at radius 1 is 1.19 bits per heavy atom. The lowest BCUT2D eigenvalue weighted by molar-refractivity contribution is 0.377. The predicted molar refractivity (Wildman–Crippen MR) is 91.8 cm³/mol. The van der Waals surface area contributed by atoms with Crippen LogP contribution in [0.5, 0.6) is 0 Å². The summed E-state index contributed by atoms with van der Waals surface area (Å²) in [4.78, 5) is 10.2. The van der Waals surface area contributed by atoms with Gasteiger partial charge >= 0.3 is 0 Å². The molecule has 0 fully saturated rings. The fourth-order valence-corrected chi connectivity index (χ4v) is 2.77. The normalized spacial score (nSPS) is 20.6. The first-order chi connectivity index (χ1) is 9.86. The molecule has 0 amide bonds. The summed E-state index contributed by atoms with van der Waals surface area (Å²) < 4.78 is 0. The maximum atomic E-state index is 10.2. The molecule has 0 aromatic heterocycles. The molecule has 1 aliphatic rings. The smallest absolute Gasteiger partial charge is 0.225 e. The van der Waals surface area contributed by atoms with Crippen LogP contribution in [0.2, 0.25) is 0 Å². The summed E-state index contributed by atoms with van der Waals surface area (Å²) in [6.07, 6.45) is 17.4. The molecule has 0 saturated carbocycles. The van der Waals surface area contributed by atoms with E-state index in [0.717, 1.165) is 5.57 Å². The van der Waals surface area contributed by atoms with Gasteiger partial charge in [-0.15, -0.1) is 0 Å². The Bertz CT molecular complexity index is 522. The molecule has 1 rings (SSSR count). The summed E-state index contributed by atoms with van der Waals surface area (Å²) in [5.74, 6) is 0. The number of hydrogen-bond acceptors (Lipinski definition) is 1. The molecular weight excluding hydrogens is 256 g/mol. The van der Waals surface area contributed by atoms with Crippen molar-refractivity contribution in [2.24, 2.45) is 5.41 Å². The molecule has 0 aromatic rings. The third-order valence-corrected chi connectivity index (χ3v) is 4.06. The average Bonchev–Trinajstić information content (AvgIpc) is 2.37. The number of carbonyl (C=O) groups excluding carboxylic acids is 1. The van der Waals surface area contributed by atoms with Gasteiger partial charge in [0.15, 0.2) is 0 Å². The van der Waals surface area contributed by atoms with Crippen LogP contribution in [0, 0.1) is 5.41 Å². The second-order valence-electron chi connectivity index (χ2n) is 6.54. The van der Waals surface area contributed by atoms with Gasteiger partial charge in [0.1, 0.15) is 0 Å². The second kappa shape index (κ2) is 7.97. The summed E-state index contributed by atoms with van der Waals surface area (Å²) >= 11 is 0. The van der Waals surface area contributed by atoms with Crippen LogP contribution in [0.1, 0.15) is 53.9 Å². The van der Waals surface area contributed by atoms with E-state index >= 15 is 0 Å². The molecule has 0 atom stereocenters. The summed E-state index contributed by atoms with van der Waals surface area (Å²) in [6, 6.07) is 0. The van der Waals surface area contributed by atoms with Crippen LogP contribution >= 0.6 is 0 Å². The predicted octanol–water partition coefficient (Wildman–Crippen LogP) is 5.63. The zero-order chi connectivity index (χ0) is 15.9. The van der Waals surface area contributed by atoms with Crippen LogP contribution in [0.25, 0.3) is 0 Å². The fraction of sp³-hybridized carbons (Fsp3) is 0.450. The monoisotopic (exact) mass is 283 g/mol. The Morgan fingerprint density at radius 3 is 2.52 bits per heavy atom. The van der Waals surface area contributed by atoms with E-state index in [-0.39, 0.29) is 5.41 Å². The van der Waals surface area contributed by atoms with E-state index in [4.69, 9.17) is 0 Å². The van der Waals surface area contributed by atoms with E-state index in [2.05, 4.69) is 45.9 Å². The highest BCUT2D eigenvalue weighted by Crippen LogP contribution is 2.40. The van der Waals surface area contributed by atoms with Gasteiger partial charge in [0.2, 0.25) is 6.29 Å². The zero-order valence-corrected chi connectivity index (χ0v) is 14.0. The van der Waals surface area contributed by atoms with E-state index in [0.29, 0.717) is 0 Å². The molecule has 0 heterocycles. The average molecular weight is 283 g/mol. The molecule has 0 aliphatic heterocycles. The Kier molecular flexibility index (Phi) is 6.61. The topological polar surface area (TPSA) is 17.1 Å². The summed E-state index contributed by atoms with van der Waals surface area (Å²) in [5, 5.41) is 0. The minimum absolute atomic E-state index is 0.286. The lowest BCUT2D eigenvalue weighted by Crippen LogP contribution is -2.19. The Hall–Kier alpha value is -1.63. The summed E-state index contributed by atoms with van der Waals surface area (Å²) in [6.45, 7) is 10.9. The van der Waals surface area contributed by atoms with Crippen LogP contribution in [0.15, 0.2) is 58.7 Å². The SMILES string of the molecule is CC1=C(/C=C/C(C)=C/C=C/C(C)=C/[C]=O)C(C)(C)CCC1. The second-order valence-corrected chi connectivity index (χ2v) is 6.54. The fourth-order valence-electron chi connectivity index (χ4n) is 2.77. The quantitative estimate of drug-likeness (QED) is 0.472. The van der Waals surface area contributed by atoms with Crippen molar-refractivity contribution in [1.82, 2.24) is 0 Å². The van der Waals surface area contributed by atoms with E-state index in [1.807, 2.05) is 19.1 Å². The Morgan fingerprint density at radius 2 is 1.90 bits per heavy atom. The first-order valence-corrected chi connectivity index (χ1v) is 7.64. The molecule has 0 aromatic carbocycles. The molecule has 0 saturated heterocycles. The van der Waals surface area contributed by atoms with Crippen LogP contribution in [0.4, 0.5) is 0 Å². The van der Waals surface area contributed by atoms with Crippen molar-refractivity contribution < 1.29 is 4.79 Å². The first kappa shape index (κ1) is 17.4. The molecule has 0 unspecified atom stereocenters. The minimum Gasteiger partial charge on any atom is -0.286 e. The standard InChI is InChI=1S/C20H27O/c1-16(8-6-9-17(2)13-15-21)11-12-19-18(3)10-7-14-20(19,4)5/h6,8-9,11-13H,7,10,14H2,1-5H3/b9-6+,12-11+,16-8+,17-13+. The van der Waals surface area contributed by atoms with Crippen LogP contribution < -0.4 is 0 Å². The van der Waals surface area contributed by atoms with Crippen molar-refractivity contribution >= 4 is 6.29 Å². The van der Waals surface area contributed by atoms with Gasteiger partial charge in [0.05, 0.1) is 0 Å². The molecule has 1 radical (unpaired) electrons. The largest absolute Gasteiger partial charge is 0.286 e. The molecule has 0 N–H and O–H groups in total. The van der Waals surface area contributed by atoms with E-state index in [9.17, 15) is 4.79 Å². The van der Waals surface area contributed by atoms with Crippen molar-refractivity contribution in [3.8, 4) is 0 Å². The lowest BCUT2D eigenvalue weighted by Gasteiger charge is -2.32. The van der Waals surface area contributed by atoms with E-state index < -0.39 is 0 Å². The van der Waals surface area contributed by atoms with Crippen molar-refractivity contribution in [3.63, 3.8) is 0 Å². The zero-order valence-electron chi connectivity index (χ0n) is 14.0. The molecule has 1 heteroatoms. The van der Waals surface area contributed by atoms with E-state index in [1.54, 1.807) is 6.29 Å². The third kappa shape index (κ3) is 5.71. The highest BCUT2D eigenvalue weighted by Gasteiger charge is 2.26. The van der Waals surface area contributed by atoms with E-state index in [1.165, 1.54) is 42.1 Å². The Labute approximate surface area is 129 Å². The van der Waals surface area contributed by atoms with Gasteiger partial charge in [-0.1, -0.05) is 55.4 Å². The van der Waals surface area contributed by atoms with Gasteiger partial charge in [0.25, 0.3) is 0 Å². The minimum atomic E-state index is 0.286. The molecule has 0 bridgehead atoms. The van der Waals surface area contributed by atoms with Crippen molar-refractivity contribution in [3.05, 3.63) is 58.7 Å². The van der Waals surface area contributed by atoms with Gasteiger partial charge in [-0.3, -0.25) is 4.79 Å². The van der Waals surface area contributed by atoms with Crippen LogP contribution in [0.3, 0.4) is 0 Å². The van der Waals surface area contributed by atoms with Crippen molar-refractivity contribution in [2.45, 2.75) is 53.9 Å². The number of hydrogen-bond donors (Lipinski definition) is 0. The molecule has 113 valence electrons. The van der Waals surface area contributed by atoms with Gasteiger partial charge in [-0.25, -0.2) is 0 Å². The molecular formula is C20H27O. The maximum absolute atomic E-state index is 10.2. The van der Waals surface area contributed by atoms with Crippen molar-refractivity contribution in [2.75, 3.05) is 0 Å². The molecule has 1 nitrogen and oxygen atoms in total. The van der Waals surface area contributed by atoms with Gasteiger partial charge < -0.3 is 0 Å². The Balaban J connectivity index is 2.80. The molecule has 0 spiro atoms. The molecule has 21 heavy (non-hydrogen) atoms. The number of rotatable bonds is 5. The van der Waals surface area contributed by atoms with Crippen LogP contribution in [-0.2, 0) is 4.79 Å². The summed E-state index contributed by atoms with van der Waals surface area (Å²) in [5.41, 5.74) is 5.40. The lowest BCUT2D eigenvalue weighted by atomic mass is 9.72. The number of allylic oxidation sites excluding steroid dienone is 10.